The lowest BCUT2D eigenvalue weighted by molar-refractivity contribution is -0.160. The van der Waals surface area contributed by atoms with E-state index in [1.165, 1.54) is 0 Å². The molecular formula is C18H26O5. The van der Waals surface area contributed by atoms with E-state index in [2.05, 4.69) is 0 Å². The van der Waals surface area contributed by atoms with E-state index in [1.807, 2.05) is 44.2 Å². The van der Waals surface area contributed by atoms with E-state index in [9.17, 15) is 9.90 Å². The van der Waals surface area contributed by atoms with Gasteiger partial charge in [-0.2, -0.15) is 0 Å². The fraction of sp³-hybridized carbons (Fsp3) is 0.611. The van der Waals surface area contributed by atoms with Gasteiger partial charge in [0.2, 0.25) is 0 Å². The van der Waals surface area contributed by atoms with E-state index >= 15 is 0 Å². The van der Waals surface area contributed by atoms with Crippen LogP contribution in [0.3, 0.4) is 0 Å². The molecule has 0 unspecified atom stereocenters. The summed E-state index contributed by atoms with van der Waals surface area (Å²) < 4.78 is 16.6. The third-order valence-corrected chi connectivity index (χ3v) is 3.98. The number of unbranched alkanes of at least 4 members (excludes halogenated alkanes) is 1. The summed E-state index contributed by atoms with van der Waals surface area (Å²) in [5, 5.41) is 10.1. The van der Waals surface area contributed by atoms with Gasteiger partial charge in [-0.3, -0.25) is 0 Å². The van der Waals surface area contributed by atoms with E-state index in [-0.39, 0.29) is 12.5 Å². The van der Waals surface area contributed by atoms with Gasteiger partial charge in [-0.1, -0.05) is 43.7 Å². The summed E-state index contributed by atoms with van der Waals surface area (Å²) in [5.41, 5.74) is 1.06. The minimum Gasteiger partial charge on any atom is -0.464 e. The van der Waals surface area contributed by atoms with Crippen LogP contribution in [0.15, 0.2) is 30.3 Å². The Morgan fingerprint density at radius 2 is 2.13 bits per heavy atom. The van der Waals surface area contributed by atoms with Gasteiger partial charge in [0.15, 0.2) is 6.10 Å². The molecule has 23 heavy (non-hydrogen) atoms. The van der Waals surface area contributed by atoms with Crippen LogP contribution in [0.25, 0.3) is 0 Å². The van der Waals surface area contributed by atoms with Crippen molar-refractivity contribution in [3.05, 3.63) is 35.9 Å². The van der Waals surface area contributed by atoms with Crippen LogP contribution < -0.4 is 0 Å². The topological polar surface area (TPSA) is 65.0 Å². The zero-order valence-electron chi connectivity index (χ0n) is 13.8. The maximum atomic E-state index is 11.9. The van der Waals surface area contributed by atoms with E-state index in [4.69, 9.17) is 14.2 Å². The molecule has 1 aliphatic heterocycles. The molecule has 0 saturated carbocycles. The van der Waals surface area contributed by atoms with Crippen molar-refractivity contribution in [1.29, 1.82) is 0 Å². The number of hydrogen-bond acceptors (Lipinski definition) is 5. The maximum Gasteiger partial charge on any atom is 0.335 e. The highest BCUT2D eigenvalue weighted by Gasteiger charge is 2.41. The summed E-state index contributed by atoms with van der Waals surface area (Å²) in [6.07, 6.45) is -0.176. The van der Waals surface area contributed by atoms with Gasteiger partial charge in [0.25, 0.3) is 0 Å². The first-order valence-corrected chi connectivity index (χ1v) is 8.27. The Morgan fingerprint density at radius 3 is 2.83 bits per heavy atom. The third-order valence-electron chi connectivity index (χ3n) is 3.98. The fourth-order valence-electron chi connectivity index (χ4n) is 2.57. The van der Waals surface area contributed by atoms with Gasteiger partial charge in [0.05, 0.1) is 25.4 Å². The SMILES string of the molecule is CCCCOC(=O)[C@@H]1C[C@@H](O)[C@H]([C@H](C)OCc2ccccc2)O1. The van der Waals surface area contributed by atoms with Crippen molar-refractivity contribution in [3.63, 3.8) is 0 Å². The number of aliphatic hydroxyl groups is 1. The molecule has 0 spiro atoms. The smallest absolute Gasteiger partial charge is 0.335 e. The van der Waals surface area contributed by atoms with Crippen LogP contribution in [0.4, 0.5) is 0 Å². The van der Waals surface area contributed by atoms with Crippen LogP contribution in [0.1, 0.15) is 38.7 Å². The standard InChI is InChI=1S/C18H26O5/c1-3-4-10-21-18(20)16-11-15(19)17(23-16)13(2)22-12-14-8-6-5-7-9-14/h5-9,13,15-17,19H,3-4,10-12H2,1-2H3/t13-,15+,16-,17-/m0/s1. The zero-order chi connectivity index (χ0) is 16.7. The molecule has 1 saturated heterocycles. The van der Waals surface area contributed by atoms with Crippen molar-refractivity contribution < 1.29 is 24.1 Å². The average Bonchev–Trinajstić information content (AvgIpc) is 2.96. The van der Waals surface area contributed by atoms with E-state index in [1.54, 1.807) is 0 Å². The van der Waals surface area contributed by atoms with Crippen LogP contribution in [-0.4, -0.2) is 42.1 Å². The monoisotopic (exact) mass is 322 g/mol. The van der Waals surface area contributed by atoms with Crippen LogP contribution in [-0.2, 0) is 25.6 Å². The molecule has 4 atom stereocenters. The van der Waals surface area contributed by atoms with Crippen molar-refractivity contribution >= 4 is 5.97 Å². The molecule has 128 valence electrons. The van der Waals surface area contributed by atoms with Gasteiger partial charge in [-0.25, -0.2) is 4.79 Å². The number of aliphatic hydroxyl groups excluding tert-OH is 1. The molecular weight excluding hydrogens is 296 g/mol. The molecule has 5 nitrogen and oxygen atoms in total. The van der Waals surface area contributed by atoms with Crippen LogP contribution >= 0.6 is 0 Å². The number of carbonyl (C=O) groups is 1. The van der Waals surface area contributed by atoms with Gasteiger partial charge in [0, 0.05) is 6.42 Å². The Kier molecular flexibility index (Phi) is 7.02. The fourth-order valence-corrected chi connectivity index (χ4v) is 2.57. The Labute approximate surface area is 137 Å². The molecule has 0 aliphatic carbocycles. The van der Waals surface area contributed by atoms with Crippen LogP contribution in [0.2, 0.25) is 0 Å². The van der Waals surface area contributed by atoms with Crippen molar-refractivity contribution in [2.75, 3.05) is 6.61 Å². The molecule has 1 heterocycles. The number of rotatable bonds is 8. The second kappa shape index (κ2) is 9.01. The molecule has 0 bridgehead atoms. The number of benzene rings is 1. The van der Waals surface area contributed by atoms with Crippen molar-refractivity contribution in [1.82, 2.24) is 0 Å². The normalized spacial score (nSPS) is 25.3. The summed E-state index contributed by atoms with van der Waals surface area (Å²) >= 11 is 0. The number of hydrogen-bond donors (Lipinski definition) is 1. The quantitative estimate of drug-likeness (QED) is 0.588. The van der Waals surface area contributed by atoms with Crippen molar-refractivity contribution in [2.45, 2.75) is 64.1 Å². The van der Waals surface area contributed by atoms with Crippen molar-refractivity contribution in [2.24, 2.45) is 0 Å². The summed E-state index contributed by atoms with van der Waals surface area (Å²) in [6, 6.07) is 9.81. The molecule has 1 aromatic carbocycles. The van der Waals surface area contributed by atoms with Gasteiger partial charge >= 0.3 is 5.97 Å². The Morgan fingerprint density at radius 1 is 1.39 bits per heavy atom. The molecule has 2 rings (SSSR count). The molecule has 0 radical (unpaired) electrons. The third kappa shape index (κ3) is 5.30. The molecule has 1 aliphatic rings. The van der Waals surface area contributed by atoms with Crippen molar-refractivity contribution in [3.8, 4) is 0 Å². The van der Waals surface area contributed by atoms with Gasteiger partial charge in [0.1, 0.15) is 6.10 Å². The summed E-state index contributed by atoms with van der Waals surface area (Å²) in [4.78, 5) is 11.9. The lowest BCUT2D eigenvalue weighted by Crippen LogP contribution is -2.35. The van der Waals surface area contributed by atoms with E-state index < -0.39 is 24.3 Å². The van der Waals surface area contributed by atoms with Gasteiger partial charge < -0.3 is 19.3 Å². The molecule has 0 aromatic heterocycles. The lowest BCUT2D eigenvalue weighted by atomic mass is 10.1. The number of carbonyl (C=O) groups excluding carboxylic acids is 1. The summed E-state index contributed by atoms with van der Waals surface area (Å²) in [6.45, 7) is 4.73. The molecule has 1 fully saturated rings. The number of ether oxygens (including phenoxy) is 3. The zero-order valence-corrected chi connectivity index (χ0v) is 13.8. The minimum absolute atomic E-state index is 0.259. The van der Waals surface area contributed by atoms with Gasteiger partial charge in [-0.05, 0) is 18.9 Å². The summed E-state index contributed by atoms with van der Waals surface area (Å²) in [7, 11) is 0. The van der Waals surface area contributed by atoms with E-state index in [0.29, 0.717) is 13.2 Å². The second-order valence-corrected chi connectivity index (χ2v) is 5.92. The highest BCUT2D eigenvalue weighted by atomic mass is 16.6. The molecule has 1 aromatic rings. The second-order valence-electron chi connectivity index (χ2n) is 5.92. The van der Waals surface area contributed by atoms with Crippen LogP contribution in [0.5, 0.6) is 0 Å². The molecule has 0 amide bonds. The first kappa shape index (κ1) is 17.9. The van der Waals surface area contributed by atoms with Gasteiger partial charge in [-0.15, -0.1) is 0 Å². The average molecular weight is 322 g/mol. The van der Waals surface area contributed by atoms with Crippen LogP contribution in [0, 0.1) is 0 Å². The largest absolute Gasteiger partial charge is 0.464 e. The first-order chi connectivity index (χ1) is 11.1. The highest BCUT2D eigenvalue weighted by molar-refractivity contribution is 5.75. The number of esters is 1. The van der Waals surface area contributed by atoms with E-state index in [0.717, 1.165) is 18.4 Å². The minimum atomic E-state index is -0.718. The Hall–Kier alpha value is -1.43. The molecule has 5 heteroatoms. The maximum absolute atomic E-state index is 11.9. The Bertz CT molecular complexity index is 476. The highest BCUT2D eigenvalue weighted by Crippen LogP contribution is 2.25. The predicted octanol–water partition coefficient (Wildman–Crippen LogP) is 2.45. The first-order valence-electron chi connectivity index (χ1n) is 8.27. The Balaban J connectivity index is 1.79. The predicted molar refractivity (Wildman–Crippen MR) is 85.8 cm³/mol. The summed E-state index contributed by atoms with van der Waals surface area (Å²) in [5.74, 6) is -0.393. The molecule has 1 N–H and O–H groups in total. The lowest BCUT2D eigenvalue weighted by Gasteiger charge is -2.22.